The van der Waals surface area contributed by atoms with Gasteiger partial charge in [-0.3, -0.25) is 9.59 Å². The summed E-state index contributed by atoms with van der Waals surface area (Å²) in [4.78, 5) is 29.7. The number of nitrogens with zero attached hydrogens (tertiary/aromatic N) is 2. The average Bonchev–Trinajstić information content (AvgIpc) is 2.89. The van der Waals surface area contributed by atoms with Gasteiger partial charge >= 0.3 is 0 Å². The molecule has 11 nitrogen and oxygen atoms in total. The van der Waals surface area contributed by atoms with Gasteiger partial charge in [0, 0.05) is 27.7 Å². The summed E-state index contributed by atoms with van der Waals surface area (Å²) in [6.45, 7) is -0.0821. The first kappa shape index (κ1) is 29.1. The third kappa shape index (κ3) is 6.30. The molecule has 14 heteroatoms. The number of sulfonamides is 1. The molecule has 210 valence electrons. The second-order valence-corrected chi connectivity index (χ2v) is 12.3. The van der Waals surface area contributed by atoms with Crippen molar-refractivity contribution in [2.75, 3.05) is 12.8 Å². The lowest BCUT2D eigenvalue weighted by Gasteiger charge is -2.49. The zero-order valence-electron chi connectivity index (χ0n) is 21.2. The van der Waals surface area contributed by atoms with Crippen LogP contribution in [0.2, 0.25) is 10.0 Å². The van der Waals surface area contributed by atoms with E-state index < -0.39 is 40.0 Å². The molecule has 0 bridgehead atoms. The summed E-state index contributed by atoms with van der Waals surface area (Å²) in [6, 6.07) is 9.83. The van der Waals surface area contributed by atoms with Crippen molar-refractivity contribution in [3.05, 3.63) is 69.2 Å². The summed E-state index contributed by atoms with van der Waals surface area (Å²) in [5, 5.41) is 6.99. The van der Waals surface area contributed by atoms with Crippen molar-refractivity contribution < 1.29 is 18.0 Å². The second-order valence-electron chi connectivity index (χ2n) is 9.67. The van der Waals surface area contributed by atoms with E-state index in [-0.39, 0.29) is 23.3 Å². The number of nitrogens with two attached hydrogens (primary N) is 2. The first-order valence-electron chi connectivity index (χ1n) is 12.4. The van der Waals surface area contributed by atoms with Crippen molar-refractivity contribution in [1.29, 1.82) is 0 Å². The fourth-order valence-electron chi connectivity index (χ4n) is 5.54. The standard InChI is InChI=1S/C25H31Cl2N7O4S/c1-39(37,38)33-19-8-4-5-9-20(19)34-23(17-11-10-14(26)12-18(17)27)22(24(35)30-13-21(31-28)32-29)15-6-2-3-7-16(15)25(34)36/h2-3,6-7,10-12,19-20,22-23,33H,4-5,8-9,13,28-29H2,1H3,(H,30,35)(H,31,32)/t19-,20?,22+,23-/m0/s1. The van der Waals surface area contributed by atoms with E-state index in [9.17, 15) is 18.0 Å². The number of carbonyl (C=O) groups is 2. The molecular weight excluding hydrogens is 565 g/mol. The number of rotatable bonds is 7. The van der Waals surface area contributed by atoms with Crippen molar-refractivity contribution >= 4 is 50.9 Å². The fourth-order valence-corrected chi connectivity index (χ4v) is 6.89. The summed E-state index contributed by atoms with van der Waals surface area (Å²) < 4.78 is 27.3. The highest BCUT2D eigenvalue weighted by atomic mass is 35.5. The summed E-state index contributed by atoms with van der Waals surface area (Å²) >= 11 is 12.9. The molecule has 0 aromatic heterocycles. The number of hydrogen-bond acceptors (Lipinski definition) is 7. The number of hydrazine groups is 1. The number of halogens is 2. The summed E-state index contributed by atoms with van der Waals surface area (Å²) in [6.07, 6.45) is 3.76. The maximum absolute atomic E-state index is 14.2. The summed E-state index contributed by atoms with van der Waals surface area (Å²) in [5.41, 5.74) is 3.71. The van der Waals surface area contributed by atoms with Gasteiger partial charge in [0.2, 0.25) is 15.9 Å². The Labute approximate surface area is 237 Å². The number of amidine groups is 1. The third-order valence-electron chi connectivity index (χ3n) is 7.14. The lowest BCUT2D eigenvalue weighted by molar-refractivity contribution is -0.124. The molecule has 1 aliphatic carbocycles. The van der Waals surface area contributed by atoms with Gasteiger partial charge < -0.3 is 21.5 Å². The Morgan fingerprint density at radius 3 is 2.51 bits per heavy atom. The van der Waals surface area contributed by atoms with Crippen molar-refractivity contribution in [2.24, 2.45) is 16.8 Å². The Balaban J connectivity index is 1.90. The van der Waals surface area contributed by atoms with Crippen LogP contribution >= 0.6 is 23.2 Å². The van der Waals surface area contributed by atoms with Crippen LogP contribution in [0, 0.1) is 0 Å². The minimum Gasteiger partial charge on any atom is -0.348 e. The normalized spacial score (nSPS) is 23.7. The Hall–Kier alpha value is -2.90. The molecule has 1 heterocycles. The molecule has 1 unspecified atom stereocenters. The van der Waals surface area contributed by atoms with Crippen LogP contribution in [0.3, 0.4) is 0 Å². The van der Waals surface area contributed by atoms with E-state index in [1.54, 1.807) is 47.4 Å². The van der Waals surface area contributed by atoms with E-state index in [0.29, 0.717) is 34.6 Å². The lowest BCUT2D eigenvalue weighted by atomic mass is 9.76. The number of benzene rings is 2. The molecule has 2 aromatic rings. The zero-order valence-corrected chi connectivity index (χ0v) is 23.6. The Kier molecular flexibility index (Phi) is 9.02. The van der Waals surface area contributed by atoms with Gasteiger partial charge in [0.05, 0.1) is 24.8 Å². The van der Waals surface area contributed by atoms with E-state index >= 15 is 0 Å². The summed E-state index contributed by atoms with van der Waals surface area (Å²) in [7, 11) is -3.58. The molecule has 0 radical (unpaired) electrons. The Morgan fingerprint density at radius 1 is 1.13 bits per heavy atom. The van der Waals surface area contributed by atoms with Gasteiger partial charge in [-0.15, -0.1) is 0 Å². The fraction of sp³-hybridized carbons (Fsp3) is 0.400. The van der Waals surface area contributed by atoms with Crippen molar-refractivity contribution in [2.45, 2.75) is 49.7 Å². The second kappa shape index (κ2) is 12.1. The molecule has 2 aliphatic rings. The van der Waals surface area contributed by atoms with Crippen molar-refractivity contribution in [3.63, 3.8) is 0 Å². The topological polar surface area (TPSA) is 172 Å². The number of hydrazone groups is 1. The number of nitrogens with one attached hydrogen (secondary N) is 3. The molecule has 1 fully saturated rings. The number of carbonyl (C=O) groups excluding carboxylic acids is 2. The smallest absolute Gasteiger partial charge is 0.255 e. The average molecular weight is 597 g/mol. The molecule has 2 amide bonds. The van der Waals surface area contributed by atoms with E-state index in [1.165, 1.54) is 0 Å². The van der Waals surface area contributed by atoms with E-state index in [1.807, 2.05) is 0 Å². The number of hydrogen-bond donors (Lipinski definition) is 5. The zero-order chi connectivity index (χ0) is 28.3. The predicted octanol–water partition coefficient (Wildman–Crippen LogP) is 1.99. The monoisotopic (exact) mass is 595 g/mol. The van der Waals surface area contributed by atoms with E-state index in [2.05, 4.69) is 20.6 Å². The summed E-state index contributed by atoms with van der Waals surface area (Å²) in [5.74, 6) is 9.27. The molecule has 0 saturated heterocycles. The van der Waals surface area contributed by atoms with Gasteiger partial charge in [0.15, 0.2) is 5.84 Å². The van der Waals surface area contributed by atoms with Crippen LogP contribution in [-0.4, -0.2) is 55.9 Å². The molecule has 4 rings (SSSR count). The van der Waals surface area contributed by atoms with Crippen LogP contribution in [0.5, 0.6) is 0 Å². The lowest BCUT2D eigenvalue weighted by Crippen LogP contribution is -2.59. The maximum Gasteiger partial charge on any atom is 0.255 e. The number of amides is 2. The minimum atomic E-state index is -3.58. The molecular formula is C25H31Cl2N7O4S. The van der Waals surface area contributed by atoms with Gasteiger partial charge in [0.1, 0.15) is 0 Å². The highest BCUT2D eigenvalue weighted by molar-refractivity contribution is 7.88. The largest absolute Gasteiger partial charge is 0.348 e. The Morgan fingerprint density at radius 2 is 1.85 bits per heavy atom. The van der Waals surface area contributed by atoms with Gasteiger partial charge in [0.25, 0.3) is 5.91 Å². The van der Waals surface area contributed by atoms with Gasteiger partial charge in [-0.2, -0.15) is 5.10 Å². The van der Waals surface area contributed by atoms with Crippen LogP contribution in [0.15, 0.2) is 47.6 Å². The minimum absolute atomic E-state index is 0.0821. The molecule has 0 spiro atoms. The highest BCUT2D eigenvalue weighted by Crippen LogP contribution is 2.47. The molecule has 1 saturated carbocycles. The highest BCUT2D eigenvalue weighted by Gasteiger charge is 2.49. The SMILES string of the molecule is CS(=O)(=O)N[C@H]1CCCCC1N1C(=O)c2ccccc2[C@@H](C(=O)NC/C(=N/N)NN)[C@@H]1c1ccc(Cl)cc1Cl. The van der Waals surface area contributed by atoms with Crippen molar-refractivity contribution in [1.82, 2.24) is 20.4 Å². The maximum atomic E-state index is 14.2. The molecule has 2 aromatic carbocycles. The van der Waals surface area contributed by atoms with Crippen LogP contribution in [-0.2, 0) is 14.8 Å². The molecule has 7 N–H and O–H groups in total. The first-order valence-corrected chi connectivity index (χ1v) is 15.1. The van der Waals surface area contributed by atoms with Crippen LogP contribution < -0.4 is 27.2 Å². The van der Waals surface area contributed by atoms with Crippen LogP contribution in [0.25, 0.3) is 0 Å². The van der Waals surface area contributed by atoms with Gasteiger partial charge in [-0.25, -0.2) is 19.0 Å². The van der Waals surface area contributed by atoms with E-state index in [4.69, 9.17) is 34.9 Å². The molecule has 4 atom stereocenters. The quantitative estimate of drug-likeness (QED) is 0.141. The van der Waals surface area contributed by atoms with Gasteiger partial charge in [-0.05, 0) is 42.2 Å². The molecule has 39 heavy (non-hydrogen) atoms. The van der Waals surface area contributed by atoms with Crippen molar-refractivity contribution in [3.8, 4) is 0 Å². The van der Waals surface area contributed by atoms with Crippen LogP contribution in [0.1, 0.15) is 59.1 Å². The molecule has 1 aliphatic heterocycles. The van der Waals surface area contributed by atoms with Crippen LogP contribution in [0.4, 0.5) is 0 Å². The first-order chi connectivity index (χ1) is 18.6. The van der Waals surface area contributed by atoms with E-state index in [0.717, 1.165) is 19.1 Å². The number of fused-ring (bicyclic) bond motifs is 1. The predicted molar refractivity (Wildman–Crippen MR) is 151 cm³/mol. The Bertz CT molecular complexity index is 1390. The van der Waals surface area contributed by atoms with Gasteiger partial charge in [-0.1, -0.05) is 60.3 Å². The third-order valence-corrected chi connectivity index (χ3v) is 8.44.